The number of carbonyl (C=O) groups is 1. The van der Waals surface area contributed by atoms with Crippen LogP contribution >= 0.6 is 113 Å². The van der Waals surface area contributed by atoms with E-state index in [4.69, 9.17) is 0 Å². The Hall–Kier alpha value is 2.29. The summed E-state index contributed by atoms with van der Waals surface area (Å²) < 4.78 is 28.8. The van der Waals surface area contributed by atoms with E-state index >= 15 is 0 Å². The highest BCUT2D eigenvalue weighted by molar-refractivity contribution is 14.1. The first-order valence-corrected chi connectivity index (χ1v) is 11.4. The van der Waals surface area contributed by atoms with Crippen LogP contribution in [0.1, 0.15) is 10.4 Å². The van der Waals surface area contributed by atoms with Crippen molar-refractivity contribution >= 4 is 129 Å². The van der Waals surface area contributed by atoms with E-state index in [0.29, 0.717) is 5.56 Å². The predicted molar refractivity (Wildman–Crippen MR) is 112 cm³/mol. The van der Waals surface area contributed by atoms with Crippen LogP contribution in [0.5, 0.6) is 0 Å². The molecule has 18 heavy (non-hydrogen) atoms. The summed E-state index contributed by atoms with van der Waals surface area (Å²) in [5, 5.41) is 0. The summed E-state index contributed by atoms with van der Waals surface area (Å²) in [6.45, 7) is 0. The summed E-state index contributed by atoms with van der Waals surface area (Å²) in [7, 11) is -3.55. The van der Waals surface area contributed by atoms with Crippen molar-refractivity contribution in [2.45, 2.75) is 0 Å². The molecule has 0 fully saturated rings. The fourth-order valence-corrected chi connectivity index (χ4v) is 6.71. The summed E-state index contributed by atoms with van der Waals surface area (Å²) in [6.07, 6.45) is 0.966. The van der Waals surface area contributed by atoms with E-state index in [1.807, 2.05) is 4.72 Å². The molecule has 0 atom stereocenters. The van der Waals surface area contributed by atoms with Gasteiger partial charge in [0.2, 0.25) is 10.0 Å². The average Bonchev–Trinajstić information content (AvgIpc) is 2.21. The van der Waals surface area contributed by atoms with E-state index in [1.54, 1.807) is 0 Å². The van der Waals surface area contributed by atoms with Gasteiger partial charge in [0, 0.05) is 17.9 Å². The predicted octanol–water partition coefficient (Wildman–Crippen LogP) is 3.40. The van der Waals surface area contributed by atoms with Crippen molar-refractivity contribution in [1.29, 1.82) is 0 Å². The molecular formula is C8H4I5NO3S. The normalized spacial score (nSPS) is 11.4. The van der Waals surface area contributed by atoms with E-state index in [9.17, 15) is 13.2 Å². The minimum atomic E-state index is -3.55. The molecule has 1 rings (SSSR count). The first-order valence-electron chi connectivity index (χ1n) is 4.09. The van der Waals surface area contributed by atoms with Crippen molar-refractivity contribution in [3.63, 3.8) is 0 Å². The van der Waals surface area contributed by atoms with Gasteiger partial charge in [-0.1, -0.05) is 0 Å². The fourth-order valence-electron chi connectivity index (χ4n) is 1.02. The number of hydrogen-bond acceptors (Lipinski definition) is 3. The van der Waals surface area contributed by atoms with Gasteiger partial charge in [-0.15, -0.1) is 0 Å². The molecular weight excluding hydrogens is 825 g/mol. The zero-order valence-corrected chi connectivity index (χ0v) is 20.1. The second-order valence-corrected chi connectivity index (χ2v) is 10.3. The van der Waals surface area contributed by atoms with Gasteiger partial charge in [-0.25, -0.2) is 13.1 Å². The van der Waals surface area contributed by atoms with Crippen molar-refractivity contribution in [2.24, 2.45) is 0 Å². The van der Waals surface area contributed by atoms with Crippen LogP contribution in [-0.2, 0) is 10.0 Å². The van der Waals surface area contributed by atoms with Gasteiger partial charge in [0.25, 0.3) is 5.91 Å². The fraction of sp³-hybridized carbons (Fsp3) is 0.125. The van der Waals surface area contributed by atoms with E-state index in [1.165, 1.54) is 0 Å². The van der Waals surface area contributed by atoms with Crippen LogP contribution in [0.2, 0.25) is 0 Å². The molecule has 100 valence electrons. The molecule has 0 bridgehead atoms. The number of hydrogen-bond donors (Lipinski definition) is 1. The van der Waals surface area contributed by atoms with E-state index in [2.05, 4.69) is 113 Å². The van der Waals surface area contributed by atoms with Gasteiger partial charge in [0.05, 0.1) is 11.8 Å². The average molecular weight is 829 g/mol. The Morgan fingerprint density at radius 1 is 0.889 bits per heavy atom. The topological polar surface area (TPSA) is 63.2 Å². The zero-order valence-electron chi connectivity index (χ0n) is 8.52. The maximum Gasteiger partial charge on any atom is 0.266 e. The third-order valence-corrected chi connectivity index (χ3v) is 11.8. The lowest BCUT2D eigenvalue weighted by Crippen LogP contribution is -2.31. The number of halogens is 5. The summed E-state index contributed by atoms with van der Waals surface area (Å²) in [5.41, 5.74) is 0.413. The minimum absolute atomic E-state index is 0.413. The van der Waals surface area contributed by atoms with Crippen LogP contribution in [0.25, 0.3) is 0 Å². The molecule has 0 saturated heterocycles. The van der Waals surface area contributed by atoms with Crippen LogP contribution < -0.4 is 4.72 Å². The van der Waals surface area contributed by atoms with Crippen molar-refractivity contribution < 1.29 is 13.2 Å². The molecule has 0 aliphatic carbocycles. The standard InChI is InChI=1S/C8H4I5NO3S/c1-18(16,17)14-8(15)2-3(9)5(11)7(13)6(12)4(2)10/h1H3,(H,14,15). The Kier molecular flexibility index (Phi) is 7.17. The number of sulfonamides is 1. The molecule has 1 amide bonds. The number of benzene rings is 1. The molecule has 0 aromatic heterocycles. The highest BCUT2D eigenvalue weighted by atomic mass is 127. The van der Waals surface area contributed by atoms with Crippen LogP contribution in [0, 0.1) is 17.9 Å². The lowest BCUT2D eigenvalue weighted by atomic mass is 10.2. The maximum absolute atomic E-state index is 12.0. The smallest absolute Gasteiger partial charge is 0.266 e. The van der Waals surface area contributed by atoms with Gasteiger partial charge in [0.15, 0.2) is 0 Å². The van der Waals surface area contributed by atoms with Crippen molar-refractivity contribution in [2.75, 3.05) is 6.26 Å². The number of amides is 1. The van der Waals surface area contributed by atoms with Crippen LogP contribution in [0.3, 0.4) is 0 Å². The quantitative estimate of drug-likeness (QED) is 0.283. The van der Waals surface area contributed by atoms with Gasteiger partial charge in [0.1, 0.15) is 0 Å². The van der Waals surface area contributed by atoms with Gasteiger partial charge in [-0.2, -0.15) is 0 Å². The lowest BCUT2D eigenvalue weighted by Gasteiger charge is -2.13. The Morgan fingerprint density at radius 2 is 1.22 bits per heavy atom. The maximum atomic E-state index is 12.0. The highest BCUT2D eigenvalue weighted by Crippen LogP contribution is 2.33. The molecule has 10 heteroatoms. The van der Waals surface area contributed by atoms with Gasteiger partial charge in [-0.05, 0) is 113 Å². The SMILES string of the molecule is CS(=O)(=O)NC(=O)c1c(I)c(I)c(I)c(I)c1I. The van der Waals surface area contributed by atoms with Crippen LogP contribution in [-0.4, -0.2) is 20.6 Å². The molecule has 1 N–H and O–H groups in total. The molecule has 0 heterocycles. The first-order chi connectivity index (χ1) is 8.06. The Morgan fingerprint density at radius 3 is 1.56 bits per heavy atom. The summed E-state index contributed by atoms with van der Waals surface area (Å²) in [5.74, 6) is -0.585. The summed E-state index contributed by atoms with van der Waals surface area (Å²) in [6, 6.07) is 0. The van der Waals surface area contributed by atoms with E-state index in [0.717, 1.165) is 24.1 Å². The summed E-state index contributed by atoms with van der Waals surface area (Å²) >= 11 is 10.7. The van der Waals surface area contributed by atoms with E-state index in [-0.39, 0.29) is 0 Å². The van der Waals surface area contributed by atoms with Gasteiger partial charge >= 0.3 is 0 Å². The second kappa shape index (κ2) is 7.03. The zero-order chi connectivity index (χ0) is 14.2. The molecule has 0 aliphatic rings. The number of carbonyl (C=O) groups excluding carboxylic acids is 1. The van der Waals surface area contributed by atoms with Crippen LogP contribution in [0.15, 0.2) is 0 Å². The molecule has 0 radical (unpaired) electrons. The van der Waals surface area contributed by atoms with Crippen LogP contribution in [0.4, 0.5) is 0 Å². The highest BCUT2D eigenvalue weighted by Gasteiger charge is 2.23. The molecule has 4 nitrogen and oxygen atoms in total. The largest absolute Gasteiger partial charge is 0.268 e. The van der Waals surface area contributed by atoms with Gasteiger partial charge in [-0.3, -0.25) is 4.79 Å². The molecule has 0 spiro atoms. The summed E-state index contributed by atoms with van der Waals surface area (Å²) in [4.78, 5) is 12.0. The molecule has 1 aromatic rings. The third-order valence-electron chi connectivity index (χ3n) is 1.71. The monoisotopic (exact) mass is 829 g/mol. The minimum Gasteiger partial charge on any atom is -0.268 e. The molecule has 0 aliphatic heterocycles. The number of rotatable bonds is 2. The molecule has 0 unspecified atom stereocenters. The van der Waals surface area contributed by atoms with Gasteiger partial charge < -0.3 is 0 Å². The van der Waals surface area contributed by atoms with Crippen molar-refractivity contribution in [1.82, 2.24) is 4.72 Å². The Bertz CT molecular complexity index is 599. The van der Waals surface area contributed by atoms with E-state index < -0.39 is 15.9 Å². The molecule has 0 saturated carbocycles. The lowest BCUT2D eigenvalue weighted by molar-refractivity contribution is 0.0979. The third kappa shape index (κ3) is 4.39. The number of nitrogens with one attached hydrogen (secondary N) is 1. The second-order valence-electron chi connectivity index (χ2n) is 3.15. The Balaban J connectivity index is 3.47. The van der Waals surface area contributed by atoms with Crippen molar-refractivity contribution in [3.8, 4) is 0 Å². The Labute approximate surface area is 173 Å². The van der Waals surface area contributed by atoms with Crippen molar-refractivity contribution in [3.05, 3.63) is 23.4 Å². The first kappa shape index (κ1) is 18.3. The molecule has 1 aromatic carbocycles.